The maximum Gasteiger partial charge on any atom is 0.242 e. The summed E-state index contributed by atoms with van der Waals surface area (Å²) in [6.45, 7) is 8.93. The number of hydrogen-bond acceptors (Lipinski definition) is 3. The Morgan fingerprint density at radius 1 is 1.29 bits per heavy atom. The number of likely N-dealkylation sites (N-methyl/N-ethyl adjacent to an activating group) is 1. The monoisotopic (exact) mass is 292 g/mol. The van der Waals surface area contributed by atoms with E-state index in [1.165, 1.54) is 0 Å². The third-order valence-electron chi connectivity index (χ3n) is 3.77. The van der Waals surface area contributed by atoms with Crippen molar-refractivity contribution in [1.82, 2.24) is 10.2 Å². The van der Waals surface area contributed by atoms with Crippen LogP contribution in [0.15, 0.2) is 30.3 Å². The second kappa shape index (κ2) is 7.57. The first-order valence-corrected chi connectivity index (χ1v) is 7.48. The van der Waals surface area contributed by atoms with Gasteiger partial charge in [-0.2, -0.15) is 0 Å². The summed E-state index contributed by atoms with van der Waals surface area (Å²) in [4.78, 5) is 14.5. The van der Waals surface area contributed by atoms with Crippen LogP contribution in [0.5, 0.6) is 0 Å². The highest BCUT2D eigenvalue weighted by Crippen LogP contribution is 2.21. The van der Waals surface area contributed by atoms with Crippen LogP contribution >= 0.6 is 0 Å². The van der Waals surface area contributed by atoms with Gasteiger partial charge in [0.1, 0.15) is 6.04 Å². The van der Waals surface area contributed by atoms with Crippen LogP contribution in [0.2, 0.25) is 0 Å². The summed E-state index contributed by atoms with van der Waals surface area (Å²) in [6, 6.07) is 9.39. The molecule has 0 aliphatic carbocycles. The molecule has 2 N–H and O–H groups in total. The minimum atomic E-state index is -0.565. The summed E-state index contributed by atoms with van der Waals surface area (Å²) < 4.78 is 0. The molecule has 0 heterocycles. The van der Waals surface area contributed by atoms with Crippen LogP contribution in [0.1, 0.15) is 39.3 Å². The average Bonchev–Trinajstić information content (AvgIpc) is 2.44. The molecule has 0 aliphatic heterocycles. The highest BCUT2D eigenvalue weighted by Gasteiger charge is 2.27. The number of aliphatic hydroxyl groups is 1. The Labute approximate surface area is 128 Å². The Hall–Kier alpha value is -1.39. The van der Waals surface area contributed by atoms with Gasteiger partial charge in [-0.3, -0.25) is 9.69 Å². The number of nitrogens with one attached hydrogen (secondary N) is 1. The number of carbonyl (C=O) groups is 1. The Bertz CT molecular complexity index is 440. The Balaban J connectivity index is 2.79. The van der Waals surface area contributed by atoms with Gasteiger partial charge >= 0.3 is 0 Å². The van der Waals surface area contributed by atoms with Gasteiger partial charge in [0.15, 0.2) is 0 Å². The minimum Gasteiger partial charge on any atom is -0.391 e. The van der Waals surface area contributed by atoms with E-state index in [0.717, 1.165) is 12.1 Å². The van der Waals surface area contributed by atoms with Gasteiger partial charge < -0.3 is 10.4 Å². The summed E-state index contributed by atoms with van der Waals surface area (Å²) >= 11 is 0. The first-order valence-electron chi connectivity index (χ1n) is 7.48. The maximum absolute atomic E-state index is 12.5. The van der Waals surface area contributed by atoms with E-state index in [0.29, 0.717) is 0 Å². The maximum atomic E-state index is 12.5. The molecular weight excluding hydrogens is 264 g/mol. The van der Waals surface area contributed by atoms with Gasteiger partial charge in [-0.15, -0.1) is 0 Å². The molecule has 1 aromatic rings. The molecule has 0 fully saturated rings. The van der Waals surface area contributed by atoms with Crippen LogP contribution in [0.3, 0.4) is 0 Å². The molecule has 4 heteroatoms. The van der Waals surface area contributed by atoms with Gasteiger partial charge in [0.2, 0.25) is 5.91 Å². The van der Waals surface area contributed by atoms with Gasteiger partial charge in [-0.05, 0) is 24.6 Å². The fraction of sp³-hybridized carbons (Fsp3) is 0.588. The molecule has 0 bridgehead atoms. The molecule has 0 saturated carbocycles. The topological polar surface area (TPSA) is 52.6 Å². The van der Waals surface area contributed by atoms with Crippen molar-refractivity contribution in [2.45, 2.75) is 39.8 Å². The van der Waals surface area contributed by atoms with E-state index >= 15 is 0 Å². The second-order valence-electron chi connectivity index (χ2n) is 6.51. The van der Waals surface area contributed by atoms with Gasteiger partial charge in [0.25, 0.3) is 0 Å². The van der Waals surface area contributed by atoms with Crippen molar-refractivity contribution in [3.05, 3.63) is 35.9 Å². The molecule has 2 unspecified atom stereocenters. The lowest BCUT2D eigenvalue weighted by Gasteiger charge is -2.29. The number of nitrogens with zero attached hydrogens (tertiary/aromatic N) is 1. The fourth-order valence-electron chi connectivity index (χ4n) is 2.02. The SMILES string of the molecule is CCN(C)C(C(=O)NCC(O)C(C)(C)C)c1ccccc1. The first-order chi connectivity index (χ1) is 9.77. The molecule has 4 nitrogen and oxygen atoms in total. The zero-order valence-electron chi connectivity index (χ0n) is 13.8. The zero-order valence-corrected chi connectivity index (χ0v) is 13.8. The van der Waals surface area contributed by atoms with Crippen LogP contribution in [0.4, 0.5) is 0 Å². The van der Waals surface area contributed by atoms with Gasteiger partial charge in [0, 0.05) is 6.54 Å². The average molecular weight is 292 g/mol. The first kappa shape index (κ1) is 17.7. The molecule has 0 radical (unpaired) electrons. The lowest BCUT2D eigenvalue weighted by Crippen LogP contribution is -2.44. The number of rotatable bonds is 6. The Kier molecular flexibility index (Phi) is 6.37. The van der Waals surface area contributed by atoms with E-state index in [1.54, 1.807) is 0 Å². The van der Waals surface area contributed by atoms with Gasteiger partial charge in [-0.1, -0.05) is 58.0 Å². The smallest absolute Gasteiger partial charge is 0.242 e. The number of hydrogen-bond donors (Lipinski definition) is 2. The summed E-state index contributed by atoms with van der Waals surface area (Å²) in [5.41, 5.74) is 0.719. The third kappa shape index (κ3) is 5.14. The van der Waals surface area contributed by atoms with E-state index in [9.17, 15) is 9.90 Å². The molecule has 21 heavy (non-hydrogen) atoms. The quantitative estimate of drug-likeness (QED) is 0.845. The molecule has 118 valence electrons. The van der Waals surface area contributed by atoms with Crippen LogP contribution in [-0.4, -0.2) is 42.2 Å². The molecule has 1 rings (SSSR count). The molecule has 0 saturated heterocycles. The number of aliphatic hydroxyl groups excluding tert-OH is 1. The molecule has 0 aliphatic rings. The van der Waals surface area contributed by atoms with Crippen LogP contribution in [0, 0.1) is 5.41 Å². The summed E-state index contributed by atoms with van der Waals surface area (Å²) in [5, 5.41) is 12.9. The molecular formula is C17H28N2O2. The second-order valence-corrected chi connectivity index (χ2v) is 6.51. The normalized spacial score (nSPS) is 14.8. The van der Waals surface area contributed by atoms with Crippen LogP contribution in [0.25, 0.3) is 0 Å². The minimum absolute atomic E-state index is 0.0751. The van der Waals surface area contributed by atoms with Crippen molar-refractivity contribution in [2.75, 3.05) is 20.1 Å². The van der Waals surface area contributed by atoms with Crippen molar-refractivity contribution < 1.29 is 9.90 Å². The standard InChI is InChI=1S/C17H28N2O2/c1-6-19(5)15(13-10-8-7-9-11-13)16(21)18-12-14(20)17(2,3)4/h7-11,14-15,20H,6,12H2,1-5H3,(H,18,21). The summed E-state index contributed by atoms with van der Waals surface area (Å²) in [6.07, 6.45) is -0.565. The summed E-state index contributed by atoms with van der Waals surface area (Å²) in [5.74, 6) is -0.0751. The van der Waals surface area contributed by atoms with E-state index < -0.39 is 6.10 Å². The van der Waals surface area contributed by atoms with Crippen LogP contribution < -0.4 is 5.32 Å². The van der Waals surface area contributed by atoms with E-state index in [1.807, 2.05) is 70.0 Å². The van der Waals surface area contributed by atoms with E-state index in [2.05, 4.69) is 5.32 Å². The predicted molar refractivity (Wildman–Crippen MR) is 86.0 cm³/mol. The van der Waals surface area contributed by atoms with E-state index in [4.69, 9.17) is 0 Å². The largest absolute Gasteiger partial charge is 0.391 e. The highest BCUT2D eigenvalue weighted by molar-refractivity contribution is 5.83. The number of benzene rings is 1. The molecule has 0 aromatic heterocycles. The fourth-order valence-corrected chi connectivity index (χ4v) is 2.02. The Morgan fingerprint density at radius 2 is 1.86 bits per heavy atom. The van der Waals surface area contributed by atoms with Crippen molar-refractivity contribution >= 4 is 5.91 Å². The molecule has 0 spiro atoms. The number of carbonyl (C=O) groups excluding carboxylic acids is 1. The highest BCUT2D eigenvalue weighted by atomic mass is 16.3. The van der Waals surface area contributed by atoms with E-state index in [-0.39, 0.29) is 23.9 Å². The Morgan fingerprint density at radius 3 is 2.33 bits per heavy atom. The lowest BCUT2D eigenvalue weighted by molar-refractivity contribution is -0.127. The molecule has 2 atom stereocenters. The van der Waals surface area contributed by atoms with Crippen LogP contribution in [-0.2, 0) is 4.79 Å². The lowest BCUT2D eigenvalue weighted by atomic mass is 9.89. The third-order valence-corrected chi connectivity index (χ3v) is 3.77. The predicted octanol–water partition coefficient (Wildman–Crippen LogP) is 2.20. The van der Waals surface area contributed by atoms with Crippen molar-refractivity contribution in [3.8, 4) is 0 Å². The zero-order chi connectivity index (χ0) is 16.0. The van der Waals surface area contributed by atoms with Gasteiger partial charge in [-0.25, -0.2) is 0 Å². The summed E-state index contributed by atoms with van der Waals surface area (Å²) in [7, 11) is 1.93. The number of amides is 1. The van der Waals surface area contributed by atoms with Crippen molar-refractivity contribution in [2.24, 2.45) is 5.41 Å². The van der Waals surface area contributed by atoms with Gasteiger partial charge in [0.05, 0.1) is 6.10 Å². The van der Waals surface area contributed by atoms with Crippen molar-refractivity contribution in [3.63, 3.8) is 0 Å². The van der Waals surface area contributed by atoms with Crippen molar-refractivity contribution in [1.29, 1.82) is 0 Å². The molecule has 1 amide bonds. The molecule has 1 aromatic carbocycles.